The summed E-state index contributed by atoms with van der Waals surface area (Å²) in [6.07, 6.45) is 12.2. The number of anilines is 1. The monoisotopic (exact) mass is 252 g/mol. The van der Waals surface area contributed by atoms with E-state index in [0.29, 0.717) is 0 Å². The van der Waals surface area contributed by atoms with Crippen molar-refractivity contribution in [3.8, 4) is 0 Å². The summed E-state index contributed by atoms with van der Waals surface area (Å²) in [5.74, 6) is 0. The molecular formula is C17H20N2. The molecule has 1 aliphatic heterocycles. The first-order chi connectivity index (χ1) is 9.40. The molecule has 2 nitrogen and oxygen atoms in total. The highest BCUT2D eigenvalue weighted by molar-refractivity contribution is 5.84. The highest BCUT2D eigenvalue weighted by Crippen LogP contribution is 2.37. The second-order valence-corrected chi connectivity index (χ2v) is 5.04. The van der Waals surface area contributed by atoms with Crippen LogP contribution in [0, 0.1) is 0 Å². The average Bonchev–Trinajstić information content (AvgIpc) is 2.63. The van der Waals surface area contributed by atoms with E-state index in [1.165, 1.54) is 22.4 Å². The summed E-state index contributed by atoms with van der Waals surface area (Å²) in [7, 11) is 0. The fourth-order valence-corrected chi connectivity index (χ4v) is 2.82. The van der Waals surface area contributed by atoms with Crippen molar-refractivity contribution in [1.29, 1.82) is 0 Å². The summed E-state index contributed by atoms with van der Waals surface area (Å²) >= 11 is 0. The van der Waals surface area contributed by atoms with Gasteiger partial charge in [0.25, 0.3) is 0 Å². The molecule has 0 unspecified atom stereocenters. The molecule has 2 heteroatoms. The number of hydrogen-bond acceptors (Lipinski definition) is 2. The molecule has 1 aromatic rings. The first kappa shape index (κ1) is 12.2. The van der Waals surface area contributed by atoms with E-state index in [9.17, 15) is 0 Å². The van der Waals surface area contributed by atoms with Gasteiger partial charge in [0.05, 0.1) is 0 Å². The number of benzene rings is 1. The fourth-order valence-electron chi connectivity index (χ4n) is 2.82. The maximum atomic E-state index is 5.65. The Labute approximate surface area is 114 Å². The summed E-state index contributed by atoms with van der Waals surface area (Å²) in [6.45, 7) is 1.72. The van der Waals surface area contributed by atoms with Crippen LogP contribution in [0.3, 0.4) is 0 Å². The van der Waals surface area contributed by atoms with Gasteiger partial charge in [-0.2, -0.15) is 0 Å². The highest BCUT2D eigenvalue weighted by Gasteiger charge is 2.18. The van der Waals surface area contributed by atoms with E-state index < -0.39 is 0 Å². The minimum atomic E-state index is 0.736. The summed E-state index contributed by atoms with van der Waals surface area (Å²) in [6, 6.07) is 8.71. The fraction of sp³-hybridized carbons (Fsp3) is 0.294. The Hall–Kier alpha value is -1.80. The quantitative estimate of drug-likeness (QED) is 0.892. The molecule has 1 aromatic carbocycles. The Kier molecular flexibility index (Phi) is 3.51. The molecule has 0 amide bonds. The SMILES string of the molecule is NCCCN1C=CC2=C(CCC=C2)c2ccccc21. The van der Waals surface area contributed by atoms with Crippen LogP contribution < -0.4 is 10.6 Å². The van der Waals surface area contributed by atoms with E-state index in [2.05, 4.69) is 53.6 Å². The van der Waals surface area contributed by atoms with Crippen LogP contribution in [0.1, 0.15) is 24.8 Å². The number of fused-ring (bicyclic) bond motifs is 2. The molecule has 0 radical (unpaired) electrons. The van der Waals surface area contributed by atoms with Crippen molar-refractivity contribution in [2.45, 2.75) is 19.3 Å². The first-order valence-corrected chi connectivity index (χ1v) is 7.04. The van der Waals surface area contributed by atoms with E-state index >= 15 is 0 Å². The van der Waals surface area contributed by atoms with E-state index in [-0.39, 0.29) is 0 Å². The van der Waals surface area contributed by atoms with Gasteiger partial charge in [-0.15, -0.1) is 0 Å². The van der Waals surface area contributed by atoms with Crippen molar-refractivity contribution in [2.24, 2.45) is 5.73 Å². The molecule has 2 N–H and O–H groups in total. The van der Waals surface area contributed by atoms with Crippen molar-refractivity contribution < 1.29 is 0 Å². The Morgan fingerprint density at radius 3 is 2.95 bits per heavy atom. The lowest BCUT2D eigenvalue weighted by Crippen LogP contribution is -2.20. The minimum Gasteiger partial charge on any atom is -0.347 e. The molecule has 2 aliphatic rings. The third kappa shape index (κ3) is 2.36. The highest BCUT2D eigenvalue weighted by atomic mass is 15.1. The molecular weight excluding hydrogens is 232 g/mol. The van der Waals surface area contributed by atoms with Crippen LogP contribution in [-0.4, -0.2) is 13.1 Å². The molecule has 0 saturated carbocycles. The van der Waals surface area contributed by atoms with Gasteiger partial charge in [-0.1, -0.05) is 30.4 Å². The predicted octanol–water partition coefficient (Wildman–Crippen LogP) is 3.47. The average molecular weight is 252 g/mol. The van der Waals surface area contributed by atoms with Gasteiger partial charge in [0, 0.05) is 24.0 Å². The number of nitrogens with zero attached hydrogens (tertiary/aromatic N) is 1. The van der Waals surface area contributed by atoms with Crippen LogP contribution >= 0.6 is 0 Å². The van der Waals surface area contributed by atoms with Gasteiger partial charge in [0.2, 0.25) is 0 Å². The van der Waals surface area contributed by atoms with Crippen LogP contribution in [0.4, 0.5) is 5.69 Å². The Bertz CT molecular complexity index is 552. The normalized spacial score (nSPS) is 17.2. The minimum absolute atomic E-state index is 0.736. The molecule has 0 spiro atoms. The lowest BCUT2D eigenvalue weighted by Gasteiger charge is -2.23. The molecule has 0 aromatic heterocycles. The van der Waals surface area contributed by atoms with Crippen LogP contribution in [-0.2, 0) is 0 Å². The van der Waals surface area contributed by atoms with Crippen molar-refractivity contribution in [2.75, 3.05) is 18.0 Å². The Morgan fingerprint density at radius 2 is 2.05 bits per heavy atom. The number of hydrogen-bond donors (Lipinski definition) is 1. The maximum absolute atomic E-state index is 5.65. The first-order valence-electron chi connectivity index (χ1n) is 7.04. The zero-order valence-electron chi connectivity index (χ0n) is 11.2. The van der Waals surface area contributed by atoms with Crippen molar-refractivity contribution >= 4 is 11.3 Å². The summed E-state index contributed by atoms with van der Waals surface area (Å²) in [5, 5.41) is 0. The third-order valence-corrected chi connectivity index (χ3v) is 3.78. The van der Waals surface area contributed by atoms with E-state index in [1.54, 1.807) is 0 Å². The molecule has 19 heavy (non-hydrogen) atoms. The molecule has 1 heterocycles. The maximum Gasteiger partial charge on any atom is 0.0482 e. The van der Waals surface area contributed by atoms with Crippen molar-refractivity contribution in [1.82, 2.24) is 0 Å². The summed E-state index contributed by atoms with van der Waals surface area (Å²) in [4.78, 5) is 2.33. The van der Waals surface area contributed by atoms with Crippen LogP contribution in [0.15, 0.2) is 54.3 Å². The Balaban J connectivity index is 2.05. The van der Waals surface area contributed by atoms with Gasteiger partial charge in [-0.3, -0.25) is 0 Å². The molecule has 0 fully saturated rings. The second-order valence-electron chi connectivity index (χ2n) is 5.04. The van der Waals surface area contributed by atoms with Gasteiger partial charge in [-0.25, -0.2) is 0 Å². The molecule has 0 saturated heterocycles. The lowest BCUT2D eigenvalue weighted by atomic mass is 9.91. The predicted molar refractivity (Wildman–Crippen MR) is 81.9 cm³/mol. The second kappa shape index (κ2) is 5.45. The number of nitrogens with two attached hydrogens (primary N) is 1. The van der Waals surface area contributed by atoms with Gasteiger partial charge >= 0.3 is 0 Å². The zero-order chi connectivity index (χ0) is 13.1. The van der Waals surface area contributed by atoms with E-state index in [1.807, 2.05) is 0 Å². The van der Waals surface area contributed by atoms with Crippen LogP contribution in [0.5, 0.6) is 0 Å². The molecule has 0 bridgehead atoms. The smallest absolute Gasteiger partial charge is 0.0482 e. The number of allylic oxidation sites excluding steroid dienone is 5. The van der Waals surface area contributed by atoms with E-state index in [0.717, 1.165) is 32.4 Å². The number of para-hydroxylation sites is 1. The van der Waals surface area contributed by atoms with Gasteiger partial charge < -0.3 is 10.6 Å². The summed E-state index contributed by atoms with van der Waals surface area (Å²) in [5.41, 5.74) is 11.2. The Morgan fingerprint density at radius 1 is 1.16 bits per heavy atom. The van der Waals surface area contributed by atoms with Crippen molar-refractivity contribution in [3.05, 3.63) is 59.8 Å². The van der Waals surface area contributed by atoms with Gasteiger partial charge in [-0.05, 0) is 49.1 Å². The van der Waals surface area contributed by atoms with Gasteiger partial charge in [0.1, 0.15) is 0 Å². The number of rotatable bonds is 3. The summed E-state index contributed by atoms with van der Waals surface area (Å²) < 4.78 is 0. The zero-order valence-corrected chi connectivity index (χ0v) is 11.2. The molecule has 98 valence electrons. The van der Waals surface area contributed by atoms with Crippen molar-refractivity contribution in [3.63, 3.8) is 0 Å². The third-order valence-electron chi connectivity index (χ3n) is 3.78. The largest absolute Gasteiger partial charge is 0.347 e. The van der Waals surface area contributed by atoms with E-state index in [4.69, 9.17) is 5.73 Å². The van der Waals surface area contributed by atoms with Gasteiger partial charge in [0.15, 0.2) is 0 Å². The van der Waals surface area contributed by atoms with Crippen LogP contribution in [0.25, 0.3) is 5.57 Å². The molecule has 3 rings (SSSR count). The standard InChI is InChI=1S/C17H20N2/c18-11-5-12-19-13-10-14-6-1-2-7-15(14)16-8-3-4-9-17(16)19/h1,3-4,6,8-10,13H,2,5,7,11-12,18H2. The molecule has 1 aliphatic carbocycles. The molecule has 0 atom stereocenters. The lowest BCUT2D eigenvalue weighted by molar-refractivity contribution is 0.814. The van der Waals surface area contributed by atoms with Crippen LogP contribution in [0.2, 0.25) is 0 Å². The topological polar surface area (TPSA) is 29.3 Å².